The van der Waals surface area contributed by atoms with Crippen LogP contribution in [-0.2, 0) is 4.79 Å². The highest BCUT2D eigenvalue weighted by molar-refractivity contribution is 6.30. The minimum atomic E-state index is -1.02. The summed E-state index contributed by atoms with van der Waals surface area (Å²) in [5.74, 6) is 3.81. The number of hydrogen-bond acceptors (Lipinski definition) is 7. The second-order valence-electron chi connectivity index (χ2n) is 5.30. The van der Waals surface area contributed by atoms with E-state index >= 15 is 0 Å². The fourth-order valence-electron chi connectivity index (χ4n) is 1.92. The molecule has 0 saturated heterocycles. The van der Waals surface area contributed by atoms with E-state index in [0.717, 1.165) is 6.07 Å². The number of halogens is 2. The van der Waals surface area contributed by atoms with Crippen LogP contribution in [0.25, 0.3) is 0 Å². The monoisotopic (exact) mass is 394 g/mol. The van der Waals surface area contributed by atoms with E-state index in [9.17, 15) is 9.18 Å². The van der Waals surface area contributed by atoms with E-state index in [1.54, 1.807) is 24.3 Å². The first kappa shape index (κ1) is 20.2. The summed E-state index contributed by atoms with van der Waals surface area (Å²) in [7, 11) is 0. The van der Waals surface area contributed by atoms with Crippen LogP contribution in [0.5, 0.6) is 11.6 Å². The maximum absolute atomic E-state index is 13.7. The molecule has 0 radical (unpaired) electrons. The third kappa shape index (κ3) is 6.28. The first-order valence-electron chi connectivity index (χ1n) is 7.61. The zero-order valence-corrected chi connectivity index (χ0v) is 14.7. The van der Waals surface area contributed by atoms with Gasteiger partial charge < -0.3 is 21.4 Å². The SMILES string of the molecule is N/N=C(\N=NCC(N)CC(=O)O)c1ccc(Oc2ncc(Cl)cc2F)cc1. The number of ether oxygens (including phenoxy) is 1. The van der Waals surface area contributed by atoms with E-state index < -0.39 is 17.8 Å². The summed E-state index contributed by atoms with van der Waals surface area (Å²) in [4.78, 5) is 14.3. The van der Waals surface area contributed by atoms with Crippen LogP contribution in [0.4, 0.5) is 4.39 Å². The lowest BCUT2D eigenvalue weighted by atomic mass is 10.2. The van der Waals surface area contributed by atoms with Crippen molar-refractivity contribution in [2.45, 2.75) is 12.5 Å². The number of hydrazone groups is 1. The summed E-state index contributed by atoms with van der Waals surface area (Å²) < 4.78 is 19.0. The van der Waals surface area contributed by atoms with Crippen LogP contribution in [0.3, 0.4) is 0 Å². The molecule has 0 spiro atoms. The molecule has 1 atom stereocenters. The van der Waals surface area contributed by atoms with Gasteiger partial charge >= 0.3 is 5.97 Å². The Morgan fingerprint density at radius 2 is 2.07 bits per heavy atom. The minimum absolute atomic E-state index is 0.00796. The lowest BCUT2D eigenvalue weighted by Gasteiger charge is -2.07. The van der Waals surface area contributed by atoms with Crippen LogP contribution in [0.1, 0.15) is 12.0 Å². The van der Waals surface area contributed by atoms with Crippen molar-refractivity contribution < 1.29 is 19.0 Å². The van der Waals surface area contributed by atoms with Crippen molar-refractivity contribution in [2.75, 3.05) is 6.54 Å². The topological polar surface area (TPSA) is 149 Å². The summed E-state index contributed by atoms with van der Waals surface area (Å²) in [6.07, 6.45) is 1.04. The molecule has 1 aromatic carbocycles. The number of carbonyl (C=O) groups is 1. The lowest BCUT2D eigenvalue weighted by Crippen LogP contribution is -2.26. The summed E-state index contributed by atoms with van der Waals surface area (Å²) in [6, 6.07) is 6.69. The molecule has 1 unspecified atom stereocenters. The highest BCUT2D eigenvalue weighted by atomic mass is 35.5. The number of rotatable bonds is 7. The van der Waals surface area contributed by atoms with Gasteiger partial charge in [-0.05, 0) is 30.3 Å². The van der Waals surface area contributed by atoms with Crippen molar-refractivity contribution in [1.29, 1.82) is 0 Å². The van der Waals surface area contributed by atoms with Gasteiger partial charge in [0.15, 0.2) is 11.7 Å². The third-order valence-corrected chi connectivity index (χ3v) is 3.35. The molecule has 1 aromatic heterocycles. The molecular formula is C16H16ClFN6O3. The van der Waals surface area contributed by atoms with Gasteiger partial charge in [-0.25, -0.2) is 9.37 Å². The molecule has 5 N–H and O–H groups in total. The molecule has 0 aliphatic rings. The van der Waals surface area contributed by atoms with E-state index in [-0.39, 0.29) is 29.7 Å². The molecule has 0 saturated carbocycles. The van der Waals surface area contributed by atoms with E-state index in [4.69, 9.17) is 33.0 Å². The molecule has 27 heavy (non-hydrogen) atoms. The number of aliphatic carboxylic acids is 1. The Labute approximate surface area is 158 Å². The normalized spacial score (nSPS) is 12.9. The maximum atomic E-state index is 13.7. The number of pyridine rings is 1. The molecule has 2 aromatic rings. The van der Waals surface area contributed by atoms with Crippen molar-refractivity contribution in [3.8, 4) is 11.6 Å². The van der Waals surface area contributed by atoms with E-state index in [1.165, 1.54) is 6.20 Å². The van der Waals surface area contributed by atoms with Crippen molar-refractivity contribution in [3.63, 3.8) is 0 Å². The zero-order valence-electron chi connectivity index (χ0n) is 13.9. The predicted octanol–water partition coefficient (Wildman–Crippen LogP) is 2.54. The van der Waals surface area contributed by atoms with Crippen molar-refractivity contribution in [3.05, 3.63) is 52.9 Å². The summed E-state index contributed by atoms with van der Waals surface area (Å²) in [5, 5.41) is 20.0. The van der Waals surface area contributed by atoms with Crippen LogP contribution in [0.2, 0.25) is 5.02 Å². The number of hydrogen-bond donors (Lipinski definition) is 3. The van der Waals surface area contributed by atoms with Gasteiger partial charge in [-0.1, -0.05) is 11.6 Å². The molecule has 0 bridgehead atoms. The minimum Gasteiger partial charge on any atom is -0.481 e. The van der Waals surface area contributed by atoms with Crippen molar-refractivity contribution in [1.82, 2.24) is 4.98 Å². The molecule has 0 aliphatic carbocycles. The van der Waals surface area contributed by atoms with Gasteiger partial charge in [0, 0.05) is 17.8 Å². The first-order chi connectivity index (χ1) is 12.9. The van der Waals surface area contributed by atoms with Crippen molar-refractivity contribution >= 4 is 23.4 Å². The van der Waals surface area contributed by atoms with E-state index in [0.29, 0.717) is 11.3 Å². The van der Waals surface area contributed by atoms with Crippen LogP contribution in [0.15, 0.2) is 51.9 Å². The molecular weight excluding hydrogens is 379 g/mol. The van der Waals surface area contributed by atoms with E-state index in [1.807, 2.05) is 0 Å². The van der Waals surface area contributed by atoms with Gasteiger partial charge in [-0.2, -0.15) is 10.2 Å². The number of nitrogens with two attached hydrogens (primary N) is 2. The highest BCUT2D eigenvalue weighted by Gasteiger charge is 2.10. The van der Waals surface area contributed by atoms with Crippen molar-refractivity contribution in [2.24, 2.45) is 26.9 Å². The molecule has 1 heterocycles. The van der Waals surface area contributed by atoms with Gasteiger partial charge in [-0.3, -0.25) is 4.79 Å². The standard InChI is InChI=1S/C16H16ClFN6O3/c17-10-5-13(18)16(21-7-10)27-12-3-1-9(2-4-12)15(23-20)24-22-8-11(19)6-14(25)26/h1-5,7,11H,6,8,19-20H2,(H,25,26)/b23-15-,24-22?. The Morgan fingerprint density at radius 3 is 2.67 bits per heavy atom. The largest absolute Gasteiger partial charge is 0.481 e. The Bertz CT molecular complexity index is 860. The molecule has 142 valence electrons. The Hall–Kier alpha value is -3.11. The highest BCUT2D eigenvalue weighted by Crippen LogP contribution is 2.24. The van der Waals surface area contributed by atoms with Gasteiger partial charge in [0.05, 0.1) is 18.0 Å². The number of aromatic nitrogens is 1. The number of carboxylic acid groups (broad SMARTS) is 1. The lowest BCUT2D eigenvalue weighted by molar-refractivity contribution is -0.137. The van der Waals surface area contributed by atoms with Gasteiger partial charge in [0.2, 0.25) is 0 Å². The van der Waals surface area contributed by atoms with Gasteiger partial charge in [-0.15, -0.1) is 5.11 Å². The molecule has 11 heteroatoms. The van der Waals surface area contributed by atoms with Crippen LogP contribution in [0, 0.1) is 5.82 Å². The quantitative estimate of drug-likeness (QED) is 0.216. The molecule has 9 nitrogen and oxygen atoms in total. The number of carboxylic acids is 1. The Balaban J connectivity index is 2.02. The molecule has 0 aliphatic heterocycles. The second-order valence-corrected chi connectivity index (χ2v) is 5.74. The second kappa shape index (κ2) is 9.55. The number of azo groups is 1. The van der Waals surface area contributed by atoms with E-state index in [2.05, 4.69) is 20.3 Å². The Morgan fingerprint density at radius 1 is 1.37 bits per heavy atom. The summed E-state index contributed by atoms with van der Waals surface area (Å²) in [5.41, 5.74) is 6.11. The van der Waals surface area contributed by atoms with Crippen LogP contribution in [-0.4, -0.2) is 34.5 Å². The smallest absolute Gasteiger partial charge is 0.304 e. The third-order valence-electron chi connectivity index (χ3n) is 3.14. The average molecular weight is 395 g/mol. The Kier molecular flexibility index (Phi) is 7.15. The zero-order chi connectivity index (χ0) is 19.8. The predicted molar refractivity (Wildman–Crippen MR) is 96.4 cm³/mol. The van der Waals surface area contributed by atoms with Gasteiger partial charge in [0.25, 0.3) is 5.88 Å². The van der Waals surface area contributed by atoms with Crippen LogP contribution < -0.4 is 16.3 Å². The molecule has 0 amide bonds. The number of nitrogens with zero attached hydrogens (tertiary/aromatic N) is 4. The van der Waals surface area contributed by atoms with Crippen LogP contribution >= 0.6 is 11.6 Å². The fraction of sp³-hybridized carbons (Fsp3) is 0.188. The fourth-order valence-corrected chi connectivity index (χ4v) is 2.07. The molecule has 0 fully saturated rings. The number of amidine groups is 1. The van der Waals surface area contributed by atoms with Gasteiger partial charge in [0.1, 0.15) is 5.75 Å². The first-order valence-corrected chi connectivity index (χ1v) is 7.99. The maximum Gasteiger partial charge on any atom is 0.304 e. The molecule has 2 rings (SSSR count). The summed E-state index contributed by atoms with van der Waals surface area (Å²) in [6.45, 7) is 0.00796. The summed E-state index contributed by atoms with van der Waals surface area (Å²) >= 11 is 5.64. The number of benzene rings is 1. The average Bonchev–Trinajstić information content (AvgIpc) is 2.61.